The first-order chi connectivity index (χ1) is 23.2. The summed E-state index contributed by atoms with van der Waals surface area (Å²) in [6.45, 7) is 47.4. The van der Waals surface area contributed by atoms with Crippen LogP contribution in [0.2, 0.25) is 0 Å². The Morgan fingerprint density at radius 2 is 1.63 bits per heavy atom. The average Bonchev–Trinajstić information content (AvgIpc) is 3.93. The van der Waals surface area contributed by atoms with Crippen LogP contribution in [0.25, 0.3) is 0 Å². The van der Waals surface area contributed by atoms with E-state index in [0.717, 1.165) is 60.0 Å². The quantitative estimate of drug-likeness (QED) is 0.118. The van der Waals surface area contributed by atoms with E-state index in [9.17, 15) is 0 Å². The fraction of sp³-hybridized carbons (Fsp3) is 0.688. The Balaban J connectivity index is 0.00000131. The Morgan fingerprint density at radius 3 is 2.20 bits per heavy atom. The number of rotatable bonds is 11. The normalized spacial score (nSPS) is 39.7. The summed E-state index contributed by atoms with van der Waals surface area (Å²) in [5.74, 6) is 7.53. The van der Waals surface area contributed by atoms with Crippen LogP contribution in [0.3, 0.4) is 0 Å². The molecule has 6 aliphatic carbocycles. The molecule has 0 radical (unpaired) electrons. The van der Waals surface area contributed by atoms with Crippen LogP contribution in [0, 0.1) is 75.4 Å². The second kappa shape index (κ2) is 14.8. The van der Waals surface area contributed by atoms with Crippen LogP contribution in [0.15, 0.2) is 88.7 Å². The zero-order valence-corrected chi connectivity index (χ0v) is 34.3. The molecule has 12 atom stereocenters. The highest BCUT2D eigenvalue weighted by Gasteiger charge is 2.94. The zero-order valence-electron chi connectivity index (χ0n) is 34.3. The summed E-state index contributed by atoms with van der Waals surface area (Å²) in [6, 6.07) is 0. The standard InChI is InChI=1S/C44H63N.2C2H6.H2/c1-14-32(20-25(3)4)24-45-31(11)34-22-39-41-40-23-35-37-17-16-36(29(9)33(15-2)21-27(7)28(8)26(5)6)42(37,12)19-18-38(35)43(13,30(34)10)44(39,40)41;2*1-2;/h14-15,22,24-25,29,33,35-41H,2,5,10-11,16-21,23H2,1,3-4,6-9,12-13H3;2*1-2H3;1H/b28-27-,32-14-,45-24?;;;. The number of hydrogen-bond acceptors (Lipinski definition) is 1. The molecule has 49 heavy (non-hydrogen) atoms. The van der Waals surface area contributed by atoms with Gasteiger partial charge in [-0.1, -0.05) is 111 Å². The highest BCUT2D eigenvalue weighted by atomic mass is 15.0. The topological polar surface area (TPSA) is 12.4 Å². The molecule has 6 rings (SSSR count). The van der Waals surface area contributed by atoms with Crippen molar-refractivity contribution in [3.8, 4) is 0 Å². The highest BCUT2D eigenvalue weighted by molar-refractivity contribution is 5.80. The van der Waals surface area contributed by atoms with E-state index in [1.54, 1.807) is 0 Å². The van der Waals surface area contributed by atoms with Gasteiger partial charge in [0.2, 0.25) is 0 Å². The maximum absolute atomic E-state index is 4.98. The number of hydrogen-bond donors (Lipinski definition) is 0. The Kier molecular flexibility index (Phi) is 12.0. The lowest BCUT2D eigenvalue weighted by Crippen LogP contribution is -2.54. The number of aliphatic imine (C=N–C) groups is 1. The molecule has 6 aliphatic rings. The van der Waals surface area contributed by atoms with Gasteiger partial charge >= 0.3 is 0 Å². The van der Waals surface area contributed by atoms with Gasteiger partial charge < -0.3 is 0 Å². The van der Waals surface area contributed by atoms with Gasteiger partial charge in [-0.2, -0.15) is 0 Å². The lowest BCUT2D eigenvalue weighted by atomic mass is 9.43. The molecule has 0 aliphatic heterocycles. The third-order valence-corrected chi connectivity index (χ3v) is 15.4. The van der Waals surface area contributed by atoms with Crippen molar-refractivity contribution >= 4 is 6.21 Å². The van der Waals surface area contributed by atoms with Gasteiger partial charge in [-0.3, -0.25) is 4.99 Å². The molecule has 5 fully saturated rings. The number of fused-ring (bicyclic) bond motifs is 6. The summed E-state index contributed by atoms with van der Waals surface area (Å²) in [7, 11) is 0. The van der Waals surface area contributed by atoms with E-state index in [4.69, 9.17) is 11.6 Å². The van der Waals surface area contributed by atoms with Gasteiger partial charge in [-0.15, -0.1) is 6.58 Å². The molecule has 0 aromatic rings. The molecule has 0 saturated heterocycles. The first-order valence-corrected chi connectivity index (χ1v) is 20.4. The van der Waals surface area contributed by atoms with E-state index in [1.165, 1.54) is 65.5 Å². The smallest absolute Gasteiger partial charge is 0.0630 e. The molecule has 0 aromatic carbocycles. The molecule has 0 heterocycles. The Morgan fingerprint density at radius 1 is 0.980 bits per heavy atom. The second-order valence-corrected chi connectivity index (χ2v) is 17.5. The van der Waals surface area contributed by atoms with Crippen molar-refractivity contribution in [2.24, 2.45) is 80.4 Å². The molecule has 1 heteroatoms. The maximum Gasteiger partial charge on any atom is 0.0630 e. The van der Waals surface area contributed by atoms with Gasteiger partial charge in [-0.05, 0) is 165 Å². The molecule has 1 nitrogen and oxygen atoms in total. The van der Waals surface area contributed by atoms with Crippen LogP contribution in [-0.2, 0) is 0 Å². The SMILES string of the molecule is C=CC(C/C(C)=C(/C)C(=C)C)C(C)C1CCC2C3CC4C5C6C=C(C(=C)N=C/C(=C\C)CC(C)C)C(=C)C(C)(C3CCC12C)C645.CC.CC.[HH]. The molecule has 0 N–H and O–H groups in total. The maximum atomic E-state index is 4.98. The Labute approximate surface area is 305 Å². The molecule has 12 unspecified atom stereocenters. The van der Waals surface area contributed by atoms with Gasteiger partial charge in [0.15, 0.2) is 0 Å². The molecule has 0 amide bonds. The van der Waals surface area contributed by atoms with Gasteiger partial charge in [-0.25, -0.2) is 0 Å². The van der Waals surface area contributed by atoms with E-state index in [1.807, 2.05) is 27.7 Å². The van der Waals surface area contributed by atoms with E-state index in [-0.39, 0.29) is 6.84 Å². The lowest BCUT2D eigenvalue weighted by molar-refractivity contribution is -0.0913. The van der Waals surface area contributed by atoms with Crippen molar-refractivity contribution in [2.45, 2.75) is 135 Å². The predicted molar refractivity (Wildman–Crippen MR) is 220 cm³/mol. The summed E-state index contributed by atoms with van der Waals surface area (Å²) in [4.78, 5) is 4.98. The van der Waals surface area contributed by atoms with E-state index in [2.05, 4.69) is 106 Å². The third kappa shape index (κ3) is 6.04. The summed E-state index contributed by atoms with van der Waals surface area (Å²) < 4.78 is 0. The van der Waals surface area contributed by atoms with E-state index >= 15 is 0 Å². The summed E-state index contributed by atoms with van der Waals surface area (Å²) >= 11 is 0. The fourth-order valence-corrected chi connectivity index (χ4v) is 12.8. The summed E-state index contributed by atoms with van der Waals surface area (Å²) in [5, 5.41) is 0. The van der Waals surface area contributed by atoms with Crippen molar-refractivity contribution in [3.63, 3.8) is 0 Å². The van der Waals surface area contributed by atoms with Crippen molar-refractivity contribution in [3.05, 3.63) is 83.7 Å². The van der Waals surface area contributed by atoms with E-state index in [0.29, 0.717) is 28.6 Å². The van der Waals surface area contributed by atoms with Gasteiger partial charge in [0.1, 0.15) is 0 Å². The highest BCUT2D eigenvalue weighted by Crippen LogP contribution is 2.98. The zero-order chi connectivity index (χ0) is 36.8. The molecular formula is C48H77N. The summed E-state index contributed by atoms with van der Waals surface area (Å²) in [5.41, 5.74) is 10.1. The van der Waals surface area contributed by atoms with Crippen LogP contribution in [0.4, 0.5) is 0 Å². The van der Waals surface area contributed by atoms with Gasteiger partial charge in [0.05, 0.1) is 5.70 Å². The Bertz CT molecular complexity index is 1430. The Hall–Kier alpha value is -2.15. The number of nitrogens with zero attached hydrogens (tertiary/aromatic N) is 1. The lowest BCUT2D eigenvalue weighted by Gasteiger charge is -2.61. The first kappa shape index (κ1) is 39.6. The van der Waals surface area contributed by atoms with Crippen molar-refractivity contribution in [2.75, 3.05) is 0 Å². The first-order valence-electron chi connectivity index (χ1n) is 20.4. The molecule has 0 aromatic heterocycles. The van der Waals surface area contributed by atoms with Crippen LogP contribution in [0.5, 0.6) is 0 Å². The number of allylic oxidation sites excluding steroid dienone is 8. The molecule has 1 spiro atoms. The van der Waals surface area contributed by atoms with E-state index < -0.39 is 0 Å². The molecular weight excluding hydrogens is 591 g/mol. The largest absolute Gasteiger partial charge is 0.257 e. The third-order valence-electron chi connectivity index (χ3n) is 15.4. The van der Waals surface area contributed by atoms with Crippen LogP contribution in [-0.4, -0.2) is 6.21 Å². The van der Waals surface area contributed by atoms with Crippen LogP contribution < -0.4 is 0 Å². The van der Waals surface area contributed by atoms with Crippen LogP contribution >= 0.6 is 0 Å². The van der Waals surface area contributed by atoms with Crippen molar-refractivity contribution in [1.29, 1.82) is 0 Å². The fourth-order valence-electron chi connectivity index (χ4n) is 12.8. The van der Waals surface area contributed by atoms with Crippen LogP contribution in [0.1, 0.15) is 136 Å². The molecule has 274 valence electrons. The van der Waals surface area contributed by atoms with Crippen molar-refractivity contribution < 1.29 is 1.43 Å². The molecule has 5 saturated carbocycles. The second-order valence-electron chi connectivity index (χ2n) is 17.5. The monoisotopic (exact) mass is 668 g/mol. The summed E-state index contributed by atoms with van der Waals surface area (Å²) in [6.07, 6.45) is 18.3. The predicted octanol–water partition coefficient (Wildman–Crippen LogP) is 14.4. The minimum atomic E-state index is 0. The van der Waals surface area contributed by atoms with Gasteiger partial charge in [0, 0.05) is 13.1 Å². The average molecular weight is 668 g/mol. The van der Waals surface area contributed by atoms with Crippen molar-refractivity contribution in [1.82, 2.24) is 0 Å². The minimum Gasteiger partial charge on any atom is -0.257 e. The minimum absolute atomic E-state index is 0. The van der Waals surface area contributed by atoms with Gasteiger partial charge in [0.25, 0.3) is 0 Å². The molecule has 0 bridgehead atoms.